The third-order valence-electron chi connectivity index (χ3n) is 9.00. The van der Waals surface area contributed by atoms with E-state index in [0.717, 1.165) is 36.3 Å². The van der Waals surface area contributed by atoms with Crippen LogP contribution in [0, 0.1) is 23.1 Å². The van der Waals surface area contributed by atoms with Crippen molar-refractivity contribution in [3.05, 3.63) is 112 Å². The molecular formula is C36H39FN4O3S. The lowest BCUT2D eigenvalue weighted by molar-refractivity contribution is -0.120. The number of halogens is 1. The van der Waals surface area contributed by atoms with Gasteiger partial charge in [0.2, 0.25) is 5.91 Å². The zero-order valence-corrected chi connectivity index (χ0v) is 26.8. The number of rotatable bonds is 6. The molecule has 4 atom stereocenters. The molecule has 7 nitrogen and oxygen atoms in total. The Morgan fingerprint density at radius 1 is 1.11 bits per heavy atom. The normalized spacial score (nSPS) is 25.4. The highest BCUT2D eigenvalue weighted by molar-refractivity contribution is 7.90. The van der Waals surface area contributed by atoms with Crippen LogP contribution in [0.4, 0.5) is 10.1 Å². The summed E-state index contributed by atoms with van der Waals surface area (Å²) in [5, 5.41) is 12.7. The maximum absolute atomic E-state index is 15.4. The molecule has 45 heavy (non-hydrogen) atoms. The van der Waals surface area contributed by atoms with Gasteiger partial charge < -0.3 is 19.5 Å². The molecule has 2 heterocycles. The zero-order chi connectivity index (χ0) is 31.8. The maximum atomic E-state index is 15.4. The van der Waals surface area contributed by atoms with Gasteiger partial charge in [-0.3, -0.25) is 4.79 Å². The number of carbonyl (C=O) groups excluding carboxylic acids is 1. The number of allylic oxidation sites excluding steroid dienone is 1. The summed E-state index contributed by atoms with van der Waals surface area (Å²) < 4.78 is 38.7. The van der Waals surface area contributed by atoms with E-state index in [1.54, 1.807) is 24.3 Å². The van der Waals surface area contributed by atoms with Crippen molar-refractivity contribution < 1.29 is 18.5 Å². The molecule has 2 bridgehead atoms. The second kappa shape index (κ2) is 12.5. The predicted octanol–water partition coefficient (Wildman–Crippen LogP) is 6.64. The summed E-state index contributed by atoms with van der Waals surface area (Å²) in [6, 6.07) is 23.7. The van der Waals surface area contributed by atoms with Gasteiger partial charge in [0, 0.05) is 17.9 Å². The molecule has 3 aromatic carbocycles. The van der Waals surface area contributed by atoms with Crippen LogP contribution >= 0.6 is 0 Å². The van der Waals surface area contributed by atoms with Gasteiger partial charge >= 0.3 is 0 Å². The maximum Gasteiger partial charge on any atom is 0.247 e. The van der Waals surface area contributed by atoms with Crippen LogP contribution in [0.15, 0.2) is 84.3 Å². The van der Waals surface area contributed by atoms with Crippen LogP contribution in [0.25, 0.3) is 0 Å². The van der Waals surface area contributed by atoms with Crippen molar-refractivity contribution in [2.24, 2.45) is 5.92 Å². The van der Waals surface area contributed by atoms with E-state index >= 15 is 4.39 Å². The van der Waals surface area contributed by atoms with Crippen molar-refractivity contribution in [1.29, 1.82) is 5.26 Å². The molecule has 1 saturated carbocycles. The highest BCUT2D eigenvalue weighted by Gasteiger charge is 2.47. The van der Waals surface area contributed by atoms with Crippen LogP contribution in [-0.2, 0) is 33.0 Å². The molecule has 0 spiro atoms. The van der Waals surface area contributed by atoms with Gasteiger partial charge in [-0.2, -0.15) is 5.26 Å². The lowest BCUT2D eigenvalue weighted by atomic mass is 9.78. The first-order valence-corrected chi connectivity index (χ1v) is 16.7. The first kappa shape index (κ1) is 31.2. The summed E-state index contributed by atoms with van der Waals surface area (Å²) in [6.45, 7) is 6.76. The van der Waals surface area contributed by atoms with E-state index < -0.39 is 33.5 Å². The van der Waals surface area contributed by atoms with Crippen LogP contribution in [0.2, 0.25) is 0 Å². The zero-order valence-electron chi connectivity index (χ0n) is 25.9. The molecule has 0 aromatic heterocycles. The minimum atomic E-state index is -1.53. The van der Waals surface area contributed by atoms with Crippen LogP contribution in [0.1, 0.15) is 75.1 Å². The molecule has 1 amide bonds. The number of hydrogen-bond donors (Lipinski definition) is 2. The highest BCUT2D eigenvalue weighted by atomic mass is 32.2. The molecule has 9 heteroatoms. The first-order chi connectivity index (χ1) is 21.6. The molecule has 2 N–H and O–H groups in total. The van der Waals surface area contributed by atoms with E-state index in [1.807, 2.05) is 63.2 Å². The number of nitriles is 1. The van der Waals surface area contributed by atoms with Gasteiger partial charge in [-0.15, -0.1) is 4.72 Å². The molecule has 3 aliphatic rings. The van der Waals surface area contributed by atoms with E-state index in [4.69, 9.17) is 4.74 Å². The third kappa shape index (κ3) is 6.46. The standard InChI is InChI=1S/C36H39FN4O3S/c1-35(2,3)45(43)40-36(27-12-7-11-25(19-27)22-38)17-16-26-20-29(26)34(44-23-24-9-5-4-6-10-24)41-18-8-13-32(41)33(42)39-31-21-28(36)14-15-30(31)37/h4-7,9-12,14-15,19,21,26,32,40H,8,13,16-18,20,23H2,1-3H3,(H,39,42)/b34-29+/t26?,32-,36?,45-/m1/s1. The Balaban J connectivity index is 1.47. The number of benzene rings is 3. The van der Waals surface area contributed by atoms with Crippen molar-refractivity contribution in [2.75, 3.05) is 11.9 Å². The summed E-state index contributed by atoms with van der Waals surface area (Å²) in [4.78, 5) is 15.9. The second-order valence-electron chi connectivity index (χ2n) is 13.2. The Bertz CT molecular complexity index is 1650. The smallest absolute Gasteiger partial charge is 0.247 e. The molecule has 1 aliphatic carbocycles. The minimum Gasteiger partial charge on any atom is -0.598 e. The van der Waals surface area contributed by atoms with Crippen LogP contribution in [-0.4, -0.2) is 32.7 Å². The van der Waals surface area contributed by atoms with E-state index in [2.05, 4.69) is 21.0 Å². The van der Waals surface area contributed by atoms with Gasteiger partial charge in [0.05, 0.1) is 17.3 Å². The van der Waals surface area contributed by atoms with Gasteiger partial charge in [0.1, 0.15) is 28.8 Å². The second-order valence-corrected chi connectivity index (χ2v) is 15.1. The van der Waals surface area contributed by atoms with Crippen molar-refractivity contribution in [2.45, 2.75) is 75.8 Å². The van der Waals surface area contributed by atoms with E-state index in [9.17, 15) is 14.6 Å². The molecular weight excluding hydrogens is 587 g/mol. The average molecular weight is 627 g/mol. The van der Waals surface area contributed by atoms with Gasteiger partial charge in [-0.1, -0.05) is 48.5 Å². The first-order valence-electron chi connectivity index (χ1n) is 15.6. The number of nitrogens with zero attached hydrogens (tertiary/aromatic N) is 2. The number of carbonyl (C=O) groups is 1. The molecule has 2 unspecified atom stereocenters. The van der Waals surface area contributed by atoms with Crippen LogP contribution < -0.4 is 10.0 Å². The van der Waals surface area contributed by atoms with Gasteiger partial charge in [0.25, 0.3) is 0 Å². The summed E-state index contributed by atoms with van der Waals surface area (Å²) in [6.07, 6.45) is 3.55. The molecule has 3 aromatic rings. The Morgan fingerprint density at radius 3 is 2.64 bits per heavy atom. The van der Waals surface area contributed by atoms with Crippen molar-refractivity contribution >= 4 is 23.0 Å². The van der Waals surface area contributed by atoms with Crippen molar-refractivity contribution in [3.63, 3.8) is 0 Å². The van der Waals surface area contributed by atoms with Gasteiger partial charge in [-0.25, -0.2) is 4.39 Å². The predicted molar refractivity (Wildman–Crippen MR) is 173 cm³/mol. The third-order valence-corrected chi connectivity index (χ3v) is 10.6. The quantitative estimate of drug-likeness (QED) is 0.298. The molecule has 0 radical (unpaired) electrons. The lowest BCUT2D eigenvalue weighted by Gasteiger charge is -2.39. The summed E-state index contributed by atoms with van der Waals surface area (Å²) in [7, 11) is 0. The molecule has 234 valence electrons. The Hall–Kier alpha value is -3.84. The van der Waals surface area contributed by atoms with E-state index in [1.165, 1.54) is 11.6 Å². The number of amides is 1. The van der Waals surface area contributed by atoms with Gasteiger partial charge in [-0.05, 0) is 105 Å². The molecule has 1 saturated heterocycles. The number of nitrogens with one attached hydrogen (secondary N) is 2. The Morgan fingerprint density at radius 2 is 1.89 bits per heavy atom. The summed E-state index contributed by atoms with van der Waals surface area (Å²) >= 11 is -1.53. The van der Waals surface area contributed by atoms with E-state index in [0.29, 0.717) is 37.1 Å². The topological polar surface area (TPSA) is 100 Å². The highest BCUT2D eigenvalue weighted by Crippen LogP contribution is 2.49. The molecule has 6 rings (SSSR count). The summed E-state index contributed by atoms with van der Waals surface area (Å²) in [5.74, 6) is 0.106. The fourth-order valence-corrected chi connectivity index (χ4v) is 7.36. The Labute approximate surface area is 267 Å². The SMILES string of the molecule is CC(C)(C)[S@@+]([O-])NC1(c2cccc(C#N)c2)CCC2C/C2=C(\OCc2ccccc2)N2CCC[C@@H]2C(=O)Nc2cc1ccc2F. The number of fused-ring (bicyclic) bond motifs is 4. The number of anilines is 1. The van der Waals surface area contributed by atoms with Crippen LogP contribution in [0.5, 0.6) is 0 Å². The summed E-state index contributed by atoms with van der Waals surface area (Å²) in [5.41, 5.74) is 3.12. The average Bonchev–Trinajstić information content (AvgIpc) is 3.63. The molecule has 2 fully saturated rings. The van der Waals surface area contributed by atoms with Crippen molar-refractivity contribution in [3.8, 4) is 6.07 Å². The van der Waals surface area contributed by atoms with E-state index in [-0.39, 0.29) is 17.5 Å². The minimum absolute atomic E-state index is 0.0670. The lowest BCUT2D eigenvalue weighted by Crippen LogP contribution is -2.52. The number of ether oxygens (including phenoxy) is 1. The fourth-order valence-electron chi connectivity index (χ4n) is 6.40. The Kier molecular flexibility index (Phi) is 8.66. The fraction of sp³-hybridized carbons (Fsp3) is 0.389. The van der Waals surface area contributed by atoms with Crippen molar-refractivity contribution in [1.82, 2.24) is 9.62 Å². The van der Waals surface area contributed by atoms with Crippen LogP contribution in [0.3, 0.4) is 0 Å². The monoisotopic (exact) mass is 626 g/mol. The van der Waals surface area contributed by atoms with Gasteiger partial charge in [0.15, 0.2) is 5.88 Å². The number of hydrogen-bond acceptors (Lipinski definition) is 6. The largest absolute Gasteiger partial charge is 0.598 e. The molecule has 2 aliphatic heterocycles.